The lowest BCUT2D eigenvalue weighted by molar-refractivity contribution is -0.131. The SMILES string of the molecule is CCOc1ccc(N2C(=O)CC(Sc3cccc(NC(=O)/C=C/C(=O)O)c3)C2=O)cc1. The quantitative estimate of drug-likeness (QED) is 0.479. The predicted molar refractivity (Wildman–Crippen MR) is 116 cm³/mol. The molecule has 1 saturated heterocycles. The fourth-order valence-corrected chi connectivity index (χ4v) is 4.08. The fourth-order valence-electron chi connectivity index (χ4n) is 2.97. The number of thioether (sulfide) groups is 1. The van der Waals surface area contributed by atoms with Gasteiger partial charge in [-0.25, -0.2) is 9.69 Å². The summed E-state index contributed by atoms with van der Waals surface area (Å²) in [6.45, 7) is 2.39. The van der Waals surface area contributed by atoms with Gasteiger partial charge < -0.3 is 15.2 Å². The fraction of sp³-hybridized carbons (Fsp3) is 0.182. The molecule has 2 aromatic carbocycles. The van der Waals surface area contributed by atoms with Crippen LogP contribution in [0.25, 0.3) is 0 Å². The first-order valence-corrected chi connectivity index (χ1v) is 10.3. The van der Waals surface area contributed by atoms with Crippen LogP contribution in [-0.4, -0.2) is 40.7 Å². The lowest BCUT2D eigenvalue weighted by Gasteiger charge is -2.15. The maximum atomic E-state index is 12.9. The van der Waals surface area contributed by atoms with Crippen molar-refractivity contribution in [3.63, 3.8) is 0 Å². The van der Waals surface area contributed by atoms with E-state index in [0.29, 0.717) is 28.6 Å². The van der Waals surface area contributed by atoms with Crippen molar-refractivity contribution in [2.75, 3.05) is 16.8 Å². The number of carboxylic acid groups (broad SMARTS) is 1. The summed E-state index contributed by atoms with van der Waals surface area (Å²) in [4.78, 5) is 49.5. The molecule has 160 valence electrons. The summed E-state index contributed by atoms with van der Waals surface area (Å²) in [6, 6.07) is 13.5. The smallest absolute Gasteiger partial charge is 0.328 e. The molecular weight excluding hydrogens is 420 g/mol. The normalized spacial score (nSPS) is 16.0. The van der Waals surface area contributed by atoms with Crippen LogP contribution in [0.3, 0.4) is 0 Å². The van der Waals surface area contributed by atoms with Crippen LogP contribution in [0.4, 0.5) is 11.4 Å². The second-order valence-corrected chi connectivity index (χ2v) is 7.77. The molecule has 0 radical (unpaired) electrons. The van der Waals surface area contributed by atoms with Gasteiger partial charge in [0.2, 0.25) is 17.7 Å². The molecule has 0 spiro atoms. The van der Waals surface area contributed by atoms with Crippen LogP contribution in [0.1, 0.15) is 13.3 Å². The Morgan fingerprint density at radius 2 is 1.94 bits per heavy atom. The largest absolute Gasteiger partial charge is 0.494 e. The van der Waals surface area contributed by atoms with Crippen molar-refractivity contribution in [3.05, 3.63) is 60.7 Å². The zero-order valence-electron chi connectivity index (χ0n) is 16.6. The van der Waals surface area contributed by atoms with Crippen LogP contribution in [0.5, 0.6) is 5.75 Å². The summed E-state index contributed by atoms with van der Waals surface area (Å²) in [5.74, 6) is -1.74. The first kappa shape index (κ1) is 22.1. The third kappa shape index (κ3) is 5.73. The van der Waals surface area contributed by atoms with Crippen LogP contribution in [-0.2, 0) is 19.2 Å². The Morgan fingerprint density at radius 1 is 1.19 bits per heavy atom. The number of hydrogen-bond acceptors (Lipinski definition) is 6. The number of rotatable bonds is 8. The third-order valence-electron chi connectivity index (χ3n) is 4.27. The Bertz CT molecular complexity index is 1030. The molecule has 9 heteroatoms. The van der Waals surface area contributed by atoms with Crippen LogP contribution in [0.2, 0.25) is 0 Å². The van der Waals surface area contributed by atoms with E-state index in [9.17, 15) is 19.2 Å². The molecule has 3 rings (SSSR count). The molecule has 1 aliphatic heterocycles. The molecule has 0 aromatic heterocycles. The van der Waals surface area contributed by atoms with E-state index in [1.165, 1.54) is 16.7 Å². The highest BCUT2D eigenvalue weighted by molar-refractivity contribution is 8.00. The molecule has 2 aromatic rings. The number of carboxylic acids is 1. The average molecular weight is 440 g/mol. The molecule has 0 aliphatic carbocycles. The zero-order valence-corrected chi connectivity index (χ0v) is 17.4. The number of anilines is 2. The minimum absolute atomic E-state index is 0.0641. The van der Waals surface area contributed by atoms with Gasteiger partial charge in [0, 0.05) is 29.2 Å². The van der Waals surface area contributed by atoms with Gasteiger partial charge >= 0.3 is 5.97 Å². The standard InChI is InChI=1S/C22H20N2O6S/c1-2-30-16-8-6-15(7-9-16)24-20(26)13-18(22(24)29)31-17-5-3-4-14(12-17)23-19(25)10-11-21(27)28/h3-12,18H,2,13H2,1H3,(H,23,25)(H,27,28)/b11-10+. The lowest BCUT2D eigenvalue weighted by atomic mass is 10.3. The number of hydrogen-bond donors (Lipinski definition) is 2. The molecule has 31 heavy (non-hydrogen) atoms. The van der Waals surface area contributed by atoms with E-state index in [0.717, 1.165) is 12.2 Å². The van der Waals surface area contributed by atoms with Gasteiger partial charge in [-0.3, -0.25) is 14.4 Å². The summed E-state index contributed by atoms with van der Waals surface area (Å²) < 4.78 is 5.39. The van der Waals surface area contributed by atoms with E-state index in [4.69, 9.17) is 9.84 Å². The molecule has 1 heterocycles. The minimum atomic E-state index is -1.22. The molecule has 3 amide bonds. The van der Waals surface area contributed by atoms with Gasteiger partial charge in [-0.2, -0.15) is 0 Å². The molecule has 1 fully saturated rings. The van der Waals surface area contributed by atoms with Crippen LogP contribution in [0.15, 0.2) is 65.6 Å². The van der Waals surface area contributed by atoms with Crippen molar-refractivity contribution in [1.82, 2.24) is 0 Å². The minimum Gasteiger partial charge on any atom is -0.494 e. The number of carbonyl (C=O) groups excluding carboxylic acids is 3. The molecule has 1 atom stereocenters. The molecule has 1 aliphatic rings. The van der Waals surface area contributed by atoms with Gasteiger partial charge in [0.05, 0.1) is 17.5 Å². The van der Waals surface area contributed by atoms with Gasteiger partial charge in [-0.1, -0.05) is 6.07 Å². The summed E-state index contributed by atoms with van der Waals surface area (Å²) in [5, 5.41) is 10.5. The van der Waals surface area contributed by atoms with Crippen molar-refractivity contribution in [2.24, 2.45) is 0 Å². The Labute approximate surface area is 182 Å². The molecule has 8 nitrogen and oxygen atoms in total. The van der Waals surface area contributed by atoms with E-state index in [2.05, 4.69) is 5.32 Å². The number of imide groups is 1. The molecular formula is C22H20N2O6S. The molecule has 2 N–H and O–H groups in total. The number of carbonyl (C=O) groups is 4. The van der Waals surface area contributed by atoms with Gasteiger partial charge in [-0.15, -0.1) is 11.8 Å². The van der Waals surface area contributed by atoms with Crippen molar-refractivity contribution < 1.29 is 29.0 Å². The van der Waals surface area contributed by atoms with E-state index >= 15 is 0 Å². The summed E-state index contributed by atoms with van der Waals surface area (Å²) in [5.41, 5.74) is 0.943. The van der Waals surface area contributed by atoms with Gasteiger partial charge in [0.1, 0.15) is 5.75 Å². The highest BCUT2D eigenvalue weighted by atomic mass is 32.2. The predicted octanol–water partition coefficient (Wildman–Crippen LogP) is 3.09. The summed E-state index contributed by atoms with van der Waals surface area (Å²) >= 11 is 1.23. The highest BCUT2D eigenvalue weighted by Gasteiger charge is 2.40. The summed E-state index contributed by atoms with van der Waals surface area (Å²) in [7, 11) is 0. The highest BCUT2D eigenvalue weighted by Crippen LogP contribution is 2.35. The maximum absolute atomic E-state index is 12.9. The van der Waals surface area contributed by atoms with Crippen LogP contribution in [0, 0.1) is 0 Å². The second-order valence-electron chi connectivity index (χ2n) is 6.49. The van der Waals surface area contributed by atoms with Crippen LogP contribution < -0.4 is 15.0 Å². The van der Waals surface area contributed by atoms with Crippen molar-refractivity contribution in [1.29, 1.82) is 0 Å². The van der Waals surface area contributed by atoms with Crippen LogP contribution >= 0.6 is 11.8 Å². The number of aliphatic carboxylic acids is 1. The maximum Gasteiger partial charge on any atom is 0.328 e. The number of benzene rings is 2. The third-order valence-corrected chi connectivity index (χ3v) is 5.45. The molecule has 0 saturated carbocycles. The Balaban J connectivity index is 1.68. The number of ether oxygens (including phenoxy) is 1. The number of nitrogens with zero attached hydrogens (tertiary/aromatic N) is 1. The van der Waals surface area contributed by atoms with E-state index in [1.807, 2.05) is 6.92 Å². The number of nitrogens with one attached hydrogen (secondary N) is 1. The first-order chi connectivity index (χ1) is 14.9. The zero-order chi connectivity index (χ0) is 22.4. The monoisotopic (exact) mass is 440 g/mol. The second kappa shape index (κ2) is 9.94. The van der Waals surface area contributed by atoms with Gasteiger partial charge in [0.15, 0.2) is 0 Å². The molecule has 1 unspecified atom stereocenters. The van der Waals surface area contributed by atoms with Gasteiger partial charge in [0.25, 0.3) is 0 Å². The Morgan fingerprint density at radius 3 is 2.61 bits per heavy atom. The number of amides is 3. The molecule has 0 bridgehead atoms. The van der Waals surface area contributed by atoms with E-state index in [-0.39, 0.29) is 18.2 Å². The Hall–Kier alpha value is -3.59. The average Bonchev–Trinajstić information content (AvgIpc) is 3.00. The van der Waals surface area contributed by atoms with Crippen molar-refractivity contribution in [2.45, 2.75) is 23.5 Å². The van der Waals surface area contributed by atoms with E-state index < -0.39 is 17.1 Å². The lowest BCUT2D eigenvalue weighted by Crippen LogP contribution is -2.31. The summed E-state index contributed by atoms with van der Waals surface area (Å²) in [6.07, 6.45) is 1.72. The topological polar surface area (TPSA) is 113 Å². The Kier molecular flexibility index (Phi) is 7.09. The first-order valence-electron chi connectivity index (χ1n) is 9.45. The van der Waals surface area contributed by atoms with Gasteiger partial charge in [-0.05, 0) is 49.4 Å². The van der Waals surface area contributed by atoms with Crippen molar-refractivity contribution >= 4 is 46.8 Å². The van der Waals surface area contributed by atoms with Crippen molar-refractivity contribution in [3.8, 4) is 5.75 Å². The van der Waals surface area contributed by atoms with E-state index in [1.54, 1.807) is 48.5 Å².